The number of hydrogen-bond acceptors (Lipinski definition) is 5. The van der Waals surface area contributed by atoms with Crippen LogP contribution in [0.4, 0.5) is 19.0 Å². The van der Waals surface area contributed by atoms with Gasteiger partial charge in [0.25, 0.3) is 5.56 Å². The van der Waals surface area contributed by atoms with Crippen LogP contribution >= 0.6 is 0 Å². The summed E-state index contributed by atoms with van der Waals surface area (Å²) in [7, 11) is 1.41. The lowest BCUT2D eigenvalue weighted by atomic mass is 10.2. The van der Waals surface area contributed by atoms with Crippen molar-refractivity contribution >= 4 is 5.82 Å². The average molecular weight is 383 g/mol. The van der Waals surface area contributed by atoms with Crippen molar-refractivity contribution in [2.45, 2.75) is 19.1 Å². The summed E-state index contributed by atoms with van der Waals surface area (Å²) in [5.41, 5.74) is -1.03. The van der Waals surface area contributed by atoms with Gasteiger partial charge >= 0.3 is 11.9 Å². The largest absolute Gasteiger partial charge is 0.433 e. The van der Waals surface area contributed by atoms with Gasteiger partial charge in [0.05, 0.1) is 0 Å². The highest BCUT2D eigenvalue weighted by molar-refractivity contribution is 5.36. The zero-order valence-electron chi connectivity index (χ0n) is 14.8. The third-order valence-corrected chi connectivity index (χ3v) is 4.58. The van der Waals surface area contributed by atoms with E-state index in [1.807, 2.05) is 4.90 Å². The molecule has 1 fully saturated rings. The van der Waals surface area contributed by atoms with Crippen molar-refractivity contribution < 1.29 is 13.2 Å². The van der Waals surface area contributed by atoms with Crippen LogP contribution in [0.25, 0.3) is 0 Å². The van der Waals surface area contributed by atoms with E-state index in [0.29, 0.717) is 37.6 Å². The molecule has 0 bridgehead atoms. The molecule has 2 aromatic rings. The highest BCUT2D eigenvalue weighted by atomic mass is 19.4. The second kappa shape index (κ2) is 7.55. The number of aromatic amines is 1. The standard InChI is InChI=1S/C17H20F3N5O2/c1-23-15(26)9-14(22-16(23)27)25-6-2-5-24(7-8-25)11-12-3-4-13(21-10-12)17(18,19)20/h3-4,9-10H,2,5-8,11H2,1H3,(H,22,27). The third-order valence-electron chi connectivity index (χ3n) is 4.58. The van der Waals surface area contributed by atoms with Crippen LogP contribution in [-0.2, 0) is 19.8 Å². The lowest BCUT2D eigenvalue weighted by Crippen LogP contribution is -2.37. The van der Waals surface area contributed by atoms with Crippen molar-refractivity contribution in [3.8, 4) is 0 Å². The summed E-state index contributed by atoms with van der Waals surface area (Å²) in [5, 5.41) is 0. The van der Waals surface area contributed by atoms with Crippen LogP contribution in [0.2, 0.25) is 0 Å². The Morgan fingerprint density at radius 1 is 1.15 bits per heavy atom. The molecule has 10 heteroatoms. The monoisotopic (exact) mass is 383 g/mol. The second-order valence-corrected chi connectivity index (χ2v) is 6.52. The van der Waals surface area contributed by atoms with E-state index in [1.165, 1.54) is 25.4 Å². The molecular formula is C17H20F3N5O2. The van der Waals surface area contributed by atoms with E-state index in [2.05, 4.69) is 14.9 Å². The predicted octanol–water partition coefficient (Wildman–Crippen LogP) is 1.20. The Balaban J connectivity index is 1.65. The number of anilines is 1. The van der Waals surface area contributed by atoms with E-state index in [0.717, 1.165) is 23.6 Å². The molecule has 2 aromatic heterocycles. The Labute approximate surface area is 153 Å². The van der Waals surface area contributed by atoms with Crippen molar-refractivity contribution in [2.75, 3.05) is 31.1 Å². The molecule has 0 amide bonds. The number of H-pyrrole nitrogens is 1. The fraction of sp³-hybridized carbons (Fsp3) is 0.471. The van der Waals surface area contributed by atoms with Crippen molar-refractivity contribution in [1.29, 1.82) is 0 Å². The summed E-state index contributed by atoms with van der Waals surface area (Å²) in [5.74, 6) is 0.487. The lowest BCUT2D eigenvalue weighted by Gasteiger charge is -2.23. The van der Waals surface area contributed by atoms with Gasteiger partial charge in [0.15, 0.2) is 0 Å². The van der Waals surface area contributed by atoms with E-state index < -0.39 is 17.6 Å². The molecule has 0 atom stereocenters. The quantitative estimate of drug-likeness (QED) is 0.862. The molecule has 1 aliphatic heterocycles. The van der Waals surface area contributed by atoms with Gasteiger partial charge in [0.1, 0.15) is 11.5 Å². The average Bonchev–Trinajstić information content (AvgIpc) is 2.84. The molecule has 0 aromatic carbocycles. The molecule has 3 heterocycles. The highest BCUT2D eigenvalue weighted by Gasteiger charge is 2.32. The van der Waals surface area contributed by atoms with E-state index in [-0.39, 0.29) is 5.56 Å². The molecular weight excluding hydrogens is 363 g/mol. The molecule has 0 radical (unpaired) electrons. The second-order valence-electron chi connectivity index (χ2n) is 6.52. The van der Waals surface area contributed by atoms with E-state index in [1.54, 1.807) is 0 Å². The highest BCUT2D eigenvalue weighted by Crippen LogP contribution is 2.27. The Bertz CT molecular complexity index is 873. The molecule has 7 nitrogen and oxygen atoms in total. The number of nitrogens with zero attached hydrogens (tertiary/aromatic N) is 4. The van der Waals surface area contributed by atoms with Crippen LogP contribution in [0, 0.1) is 0 Å². The molecule has 0 saturated carbocycles. The summed E-state index contributed by atoms with van der Waals surface area (Å²) in [6.45, 7) is 3.17. The van der Waals surface area contributed by atoms with Gasteiger partial charge in [-0.25, -0.2) is 4.79 Å². The van der Waals surface area contributed by atoms with Gasteiger partial charge in [-0.2, -0.15) is 13.2 Å². The van der Waals surface area contributed by atoms with Gasteiger partial charge in [0.2, 0.25) is 0 Å². The van der Waals surface area contributed by atoms with Crippen molar-refractivity contribution in [2.24, 2.45) is 7.05 Å². The molecule has 1 N–H and O–H groups in total. The molecule has 0 unspecified atom stereocenters. The number of halogens is 3. The van der Waals surface area contributed by atoms with Crippen LogP contribution in [0.5, 0.6) is 0 Å². The molecule has 0 spiro atoms. The zero-order valence-corrected chi connectivity index (χ0v) is 14.8. The summed E-state index contributed by atoms with van der Waals surface area (Å²) in [4.78, 5) is 33.8. The third kappa shape index (κ3) is 4.57. The van der Waals surface area contributed by atoms with Gasteiger partial charge in [-0.05, 0) is 18.1 Å². The normalized spacial score (nSPS) is 16.4. The molecule has 1 aliphatic rings. The van der Waals surface area contributed by atoms with Gasteiger partial charge in [0, 0.05) is 52.0 Å². The van der Waals surface area contributed by atoms with E-state index in [4.69, 9.17) is 0 Å². The fourth-order valence-electron chi connectivity index (χ4n) is 3.03. The fourth-order valence-corrected chi connectivity index (χ4v) is 3.03. The van der Waals surface area contributed by atoms with Gasteiger partial charge in [-0.15, -0.1) is 0 Å². The van der Waals surface area contributed by atoms with E-state index >= 15 is 0 Å². The Morgan fingerprint density at radius 3 is 2.56 bits per heavy atom. The number of alkyl halides is 3. The minimum atomic E-state index is -4.44. The SMILES string of the molecule is Cn1c(=O)cc(N2CCCN(Cc3ccc(C(F)(F)F)nc3)CC2)[nH]c1=O. The smallest absolute Gasteiger partial charge is 0.357 e. The summed E-state index contributed by atoms with van der Waals surface area (Å²) >= 11 is 0. The van der Waals surface area contributed by atoms with Crippen LogP contribution in [0.1, 0.15) is 17.7 Å². The minimum absolute atomic E-state index is 0.370. The van der Waals surface area contributed by atoms with Gasteiger partial charge < -0.3 is 4.90 Å². The number of aromatic nitrogens is 3. The van der Waals surface area contributed by atoms with Crippen molar-refractivity contribution in [3.05, 3.63) is 56.5 Å². The lowest BCUT2D eigenvalue weighted by molar-refractivity contribution is -0.141. The summed E-state index contributed by atoms with van der Waals surface area (Å²) in [6.07, 6.45) is -2.39. The number of pyridine rings is 1. The zero-order chi connectivity index (χ0) is 19.6. The molecule has 3 rings (SSSR count). The number of rotatable bonds is 3. The maximum Gasteiger partial charge on any atom is 0.433 e. The van der Waals surface area contributed by atoms with Crippen LogP contribution in [-0.4, -0.2) is 45.6 Å². The Kier molecular flexibility index (Phi) is 5.36. The first-order chi connectivity index (χ1) is 12.7. The Morgan fingerprint density at radius 2 is 1.93 bits per heavy atom. The van der Waals surface area contributed by atoms with Crippen LogP contribution < -0.4 is 16.1 Å². The van der Waals surface area contributed by atoms with Crippen LogP contribution in [0.3, 0.4) is 0 Å². The molecule has 1 saturated heterocycles. The maximum absolute atomic E-state index is 12.6. The van der Waals surface area contributed by atoms with Crippen molar-refractivity contribution in [3.63, 3.8) is 0 Å². The maximum atomic E-state index is 12.6. The van der Waals surface area contributed by atoms with Gasteiger partial charge in [-0.3, -0.25) is 24.2 Å². The predicted molar refractivity (Wildman–Crippen MR) is 93.6 cm³/mol. The molecule has 27 heavy (non-hydrogen) atoms. The first-order valence-electron chi connectivity index (χ1n) is 8.54. The van der Waals surface area contributed by atoms with Gasteiger partial charge in [-0.1, -0.05) is 6.07 Å². The molecule has 146 valence electrons. The topological polar surface area (TPSA) is 74.2 Å². The molecule has 0 aliphatic carbocycles. The van der Waals surface area contributed by atoms with E-state index in [9.17, 15) is 22.8 Å². The Hall–Kier alpha value is -2.62. The first kappa shape index (κ1) is 19.2. The summed E-state index contributed by atoms with van der Waals surface area (Å²) < 4.78 is 38.8. The number of hydrogen-bond donors (Lipinski definition) is 1. The summed E-state index contributed by atoms with van der Waals surface area (Å²) in [6, 6.07) is 3.83. The number of nitrogens with one attached hydrogen (secondary N) is 1. The van der Waals surface area contributed by atoms with Crippen LogP contribution in [0.15, 0.2) is 34.0 Å². The first-order valence-corrected chi connectivity index (χ1v) is 8.54. The minimum Gasteiger partial charge on any atom is -0.357 e. The van der Waals surface area contributed by atoms with Crippen molar-refractivity contribution in [1.82, 2.24) is 19.4 Å².